The molecule has 0 saturated carbocycles. The largest absolute Gasteiger partial charge is 0.326 e. The molecular formula is C13H16N2S. The standard InChI is InChI=1S/C13H16N2S/c1-9(2)13-12(15-8-16-13)11-5-3-10(7-14)4-6-11/h3-6,8-9H,7,14H2,1-2H3. The van der Waals surface area contributed by atoms with Gasteiger partial charge in [-0.1, -0.05) is 38.1 Å². The van der Waals surface area contributed by atoms with E-state index in [0.717, 1.165) is 11.3 Å². The monoisotopic (exact) mass is 232 g/mol. The molecule has 84 valence electrons. The predicted octanol–water partition coefficient (Wildman–Crippen LogP) is 3.39. The summed E-state index contributed by atoms with van der Waals surface area (Å²) in [5, 5.41) is 0. The third-order valence-electron chi connectivity index (χ3n) is 2.58. The van der Waals surface area contributed by atoms with E-state index in [1.54, 1.807) is 11.3 Å². The molecule has 0 saturated heterocycles. The summed E-state index contributed by atoms with van der Waals surface area (Å²) in [5.74, 6) is 0.525. The van der Waals surface area contributed by atoms with Gasteiger partial charge in [0, 0.05) is 17.0 Å². The van der Waals surface area contributed by atoms with Gasteiger partial charge in [0.2, 0.25) is 0 Å². The molecule has 0 bridgehead atoms. The molecule has 0 amide bonds. The molecule has 0 atom stereocenters. The van der Waals surface area contributed by atoms with Gasteiger partial charge in [-0.3, -0.25) is 0 Å². The first kappa shape index (κ1) is 11.3. The summed E-state index contributed by atoms with van der Waals surface area (Å²) in [6, 6.07) is 8.34. The number of nitrogens with two attached hydrogens (primary N) is 1. The van der Waals surface area contributed by atoms with Crippen molar-refractivity contribution in [2.45, 2.75) is 26.3 Å². The lowest BCUT2D eigenvalue weighted by atomic mass is 10.0. The molecule has 0 unspecified atom stereocenters. The number of thiazole rings is 1. The van der Waals surface area contributed by atoms with E-state index in [2.05, 4.69) is 43.1 Å². The van der Waals surface area contributed by atoms with Crippen molar-refractivity contribution in [2.75, 3.05) is 0 Å². The number of nitrogens with zero attached hydrogens (tertiary/aromatic N) is 1. The van der Waals surface area contributed by atoms with Crippen molar-refractivity contribution in [3.05, 3.63) is 40.2 Å². The van der Waals surface area contributed by atoms with Crippen LogP contribution in [0.5, 0.6) is 0 Å². The van der Waals surface area contributed by atoms with E-state index < -0.39 is 0 Å². The van der Waals surface area contributed by atoms with Gasteiger partial charge < -0.3 is 5.73 Å². The summed E-state index contributed by atoms with van der Waals surface area (Å²) < 4.78 is 0. The maximum absolute atomic E-state index is 5.58. The van der Waals surface area contributed by atoms with Crippen molar-refractivity contribution >= 4 is 11.3 Å². The molecule has 0 aliphatic rings. The second-order valence-corrected chi connectivity index (χ2v) is 5.01. The zero-order chi connectivity index (χ0) is 11.5. The number of benzene rings is 1. The Labute approximate surface area is 100 Å². The molecule has 0 aliphatic carbocycles. The molecule has 3 heteroatoms. The molecule has 0 radical (unpaired) electrons. The maximum atomic E-state index is 5.58. The van der Waals surface area contributed by atoms with Gasteiger partial charge in [-0.2, -0.15) is 0 Å². The minimum Gasteiger partial charge on any atom is -0.326 e. The molecule has 0 spiro atoms. The third kappa shape index (κ3) is 2.15. The molecular weight excluding hydrogens is 216 g/mol. The first-order chi connectivity index (χ1) is 7.72. The van der Waals surface area contributed by atoms with E-state index in [-0.39, 0.29) is 0 Å². The zero-order valence-corrected chi connectivity index (χ0v) is 10.4. The van der Waals surface area contributed by atoms with Crippen molar-refractivity contribution in [3.8, 4) is 11.3 Å². The van der Waals surface area contributed by atoms with E-state index in [9.17, 15) is 0 Å². The fourth-order valence-electron chi connectivity index (χ4n) is 1.68. The average Bonchev–Trinajstić information content (AvgIpc) is 2.78. The number of aromatic nitrogens is 1. The number of hydrogen-bond acceptors (Lipinski definition) is 3. The van der Waals surface area contributed by atoms with Gasteiger partial charge in [-0.05, 0) is 11.5 Å². The Hall–Kier alpha value is -1.19. The molecule has 16 heavy (non-hydrogen) atoms. The summed E-state index contributed by atoms with van der Waals surface area (Å²) >= 11 is 1.73. The molecule has 1 aromatic carbocycles. The Kier molecular flexibility index (Phi) is 3.36. The second-order valence-electron chi connectivity index (χ2n) is 4.12. The lowest BCUT2D eigenvalue weighted by Gasteiger charge is -2.06. The maximum Gasteiger partial charge on any atom is 0.0845 e. The Balaban J connectivity index is 2.38. The highest BCUT2D eigenvalue weighted by Gasteiger charge is 2.11. The van der Waals surface area contributed by atoms with Crippen LogP contribution in [0.2, 0.25) is 0 Å². The van der Waals surface area contributed by atoms with Gasteiger partial charge in [0.1, 0.15) is 0 Å². The first-order valence-electron chi connectivity index (χ1n) is 5.45. The first-order valence-corrected chi connectivity index (χ1v) is 6.33. The van der Waals surface area contributed by atoms with Gasteiger partial charge in [-0.25, -0.2) is 4.98 Å². The van der Waals surface area contributed by atoms with Crippen LogP contribution in [0.25, 0.3) is 11.3 Å². The van der Waals surface area contributed by atoms with Crippen LogP contribution in [-0.2, 0) is 6.54 Å². The summed E-state index contributed by atoms with van der Waals surface area (Å²) in [6.07, 6.45) is 0. The van der Waals surface area contributed by atoms with Crippen molar-refractivity contribution in [1.29, 1.82) is 0 Å². The van der Waals surface area contributed by atoms with Crippen LogP contribution < -0.4 is 5.73 Å². The lowest BCUT2D eigenvalue weighted by Crippen LogP contribution is -1.95. The second kappa shape index (κ2) is 4.76. The fraction of sp³-hybridized carbons (Fsp3) is 0.308. The van der Waals surface area contributed by atoms with Crippen LogP contribution in [0.4, 0.5) is 0 Å². The van der Waals surface area contributed by atoms with Gasteiger partial charge in [0.05, 0.1) is 11.2 Å². The molecule has 0 fully saturated rings. The van der Waals surface area contributed by atoms with Crippen molar-refractivity contribution in [3.63, 3.8) is 0 Å². The minimum absolute atomic E-state index is 0.525. The van der Waals surface area contributed by atoms with Crippen LogP contribution in [0.1, 0.15) is 30.2 Å². The molecule has 0 aliphatic heterocycles. The van der Waals surface area contributed by atoms with E-state index in [1.165, 1.54) is 10.4 Å². The topological polar surface area (TPSA) is 38.9 Å². The number of rotatable bonds is 3. The zero-order valence-electron chi connectivity index (χ0n) is 9.60. The molecule has 2 nitrogen and oxygen atoms in total. The predicted molar refractivity (Wildman–Crippen MR) is 69.5 cm³/mol. The van der Waals surface area contributed by atoms with Crippen LogP contribution in [0, 0.1) is 0 Å². The van der Waals surface area contributed by atoms with E-state index >= 15 is 0 Å². The Morgan fingerprint density at radius 1 is 1.25 bits per heavy atom. The fourth-order valence-corrected chi connectivity index (χ4v) is 2.51. The van der Waals surface area contributed by atoms with Crippen LogP contribution in [-0.4, -0.2) is 4.98 Å². The smallest absolute Gasteiger partial charge is 0.0845 e. The Morgan fingerprint density at radius 3 is 2.50 bits per heavy atom. The SMILES string of the molecule is CC(C)c1scnc1-c1ccc(CN)cc1. The van der Waals surface area contributed by atoms with Crippen molar-refractivity contribution in [1.82, 2.24) is 4.98 Å². The van der Waals surface area contributed by atoms with Gasteiger partial charge in [-0.15, -0.1) is 11.3 Å². The van der Waals surface area contributed by atoms with Crippen LogP contribution >= 0.6 is 11.3 Å². The molecule has 2 N–H and O–H groups in total. The minimum atomic E-state index is 0.525. The highest BCUT2D eigenvalue weighted by molar-refractivity contribution is 7.10. The summed E-state index contributed by atoms with van der Waals surface area (Å²) in [4.78, 5) is 5.80. The number of hydrogen-bond donors (Lipinski definition) is 1. The van der Waals surface area contributed by atoms with E-state index in [0.29, 0.717) is 12.5 Å². The van der Waals surface area contributed by atoms with Gasteiger partial charge in [0.25, 0.3) is 0 Å². The molecule has 1 heterocycles. The van der Waals surface area contributed by atoms with Crippen molar-refractivity contribution < 1.29 is 0 Å². The highest BCUT2D eigenvalue weighted by atomic mass is 32.1. The molecule has 2 rings (SSSR count). The summed E-state index contributed by atoms with van der Waals surface area (Å²) in [6.45, 7) is 4.99. The van der Waals surface area contributed by atoms with E-state index in [1.807, 2.05) is 5.51 Å². The molecule has 2 aromatic rings. The van der Waals surface area contributed by atoms with Gasteiger partial charge in [0.15, 0.2) is 0 Å². The Morgan fingerprint density at radius 2 is 1.94 bits per heavy atom. The summed E-state index contributed by atoms with van der Waals surface area (Å²) in [7, 11) is 0. The van der Waals surface area contributed by atoms with E-state index in [4.69, 9.17) is 5.73 Å². The third-order valence-corrected chi connectivity index (χ3v) is 3.71. The van der Waals surface area contributed by atoms with Crippen LogP contribution in [0.15, 0.2) is 29.8 Å². The van der Waals surface area contributed by atoms with Crippen LogP contribution in [0.3, 0.4) is 0 Å². The summed E-state index contributed by atoms with van der Waals surface area (Å²) in [5.41, 5.74) is 11.0. The van der Waals surface area contributed by atoms with Crippen molar-refractivity contribution in [2.24, 2.45) is 5.73 Å². The quantitative estimate of drug-likeness (QED) is 0.881. The Bertz CT molecular complexity index is 457. The normalized spacial score (nSPS) is 11.0. The highest BCUT2D eigenvalue weighted by Crippen LogP contribution is 2.31. The average molecular weight is 232 g/mol. The molecule has 1 aromatic heterocycles. The van der Waals surface area contributed by atoms with Gasteiger partial charge >= 0.3 is 0 Å². The lowest BCUT2D eigenvalue weighted by molar-refractivity contribution is 0.888.